The summed E-state index contributed by atoms with van der Waals surface area (Å²) in [7, 11) is 0. The summed E-state index contributed by atoms with van der Waals surface area (Å²) in [5, 5.41) is 0. The first-order chi connectivity index (χ1) is 16.3. The summed E-state index contributed by atoms with van der Waals surface area (Å²) in [6.07, 6.45) is 18.5. The van der Waals surface area contributed by atoms with Crippen LogP contribution in [0.15, 0.2) is 99.6 Å². The number of hydrogen-bond acceptors (Lipinski definition) is 2. The minimum atomic E-state index is 0.326. The Balaban J connectivity index is 1.46. The van der Waals surface area contributed by atoms with Crippen LogP contribution in [0.1, 0.15) is 17.0 Å². The van der Waals surface area contributed by atoms with Crippen molar-refractivity contribution in [3.05, 3.63) is 118 Å². The van der Waals surface area contributed by atoms with Gasteiger partial charge in [-0.05, 0) is 8.95 Å². The van der Waals surface area contributed by atoms with E-state index in [1.807, 2.05) is 54.7 Å². The number of rotatable bonds is 6. The number of nitrogens with one attached hydrogen (secondary N) is 2. The number of allylic oxidation sites excluding steroid dienone is 6. The molecule has 2 N–H and O–H groups in total. The van der Waals surface area contributed by atoms with E-state index in [1.54, 1.807) is 12.2 Å². The van der Waals surface area contributed by atoms with Crippen LogP contribution < -0.4 is 0 Å². The van der Waals surface area contributed by atoms with Crippen molar-refractivity contribution in [3.8, 4) is 0 Å². The molecule has 34 heavy (non-hydrogen) atoms. The molecule has 166 valence electrons. The van der Waals surface area contributed by atoms with Crippen LogP contribution in [0.5, 0.6) is 0 Å². The Kier molecular flexibility index (Phi) is 8.64. The van der Waals surface area contributed by atoms with E-state index < -0.39 is 0 Å². The zero-order valence-electron chi connectivity index (χ0n) is 17.5. The first-order valence-electron chi connectivity index (χ1n) is 9.97. The second-order valence-electron chi connectivity index (χ2n) is 7.19. The second kappa shape index (κ2) is 11.5. The molecule has 0 unspecified atom stereocenters. The summed E-state index contributed by atoms with van der Waals surface area (Å²) in [4.78, 5) is 12.5. The van der Waals surface area contributed by atoms with Crippen LogP contribution in [0.25, 0.3) is 17.9 Å². The number of H-pyrrole nitrogens is 1. The van der Waals surface area contributed by atoms with Crippen LogP contribution >= 0.6 is 63.7 Å². The van der Waals surface area contributed by atoms with Gasteiger partial charge in [-0.3, -0.25) is 0 Å². The van der Waals surface area contributed by atoms with Gasteiger partial charge in [0, 0.05) is 8.95 Å². The van der Waals surface area contributed by atoms with E-state index in [4.69, 9.17) is 5.73 Å². The minimum absolute atomic E-state index is 0.326. The van der Waals surface area contributed by atoms with Crippen LogP contribution in [-0.2, 0) is 17.9 Å². The molecule has 4 nitrogen and oxygen atoms in total. The average molecular weight is 755 g/mol. The van der Waals surface area contributed by atoms with Gasteiger partial charge in [0.1, 0.15) is 0 Å². The van der Waals surface area contributed by atoms with Gasteiger partial charge in [0.2, 0.25) is 0 Å². The molecule has 0 spiro atoms. The van der Waals surface area contributed by atoms with Crippen LogP contribution in [0.4, 0.5) is 0 Å². The predicted molar refractivity (Wildman–Crippen MR) is 153 cm³/mol. The topological polar surface area (TPSA) is 64.3 Å². The summed E-state index contributed by atoms with van der Waals surface area (Å²) < 4.78 is 5.66. The molecule has 0 bridgehead atoms. The van der Waals surface area contributed by atoms with Crippen molar-refractivity contribution in [2.45, 2.75) is 0 Å². The molecule has 9 heteroatoms. The molecule has 0 amide bonds. The van der Waals surface area contributed by atoms with Gasteiger partial charge in [-0.1, -0.05) is 53.9 Å². The molecule has 0 aliphatic carbocycles. The molecule has 4 rings (SSSR count). The first-order valence-corrected chi connectivity index (χ1v) is 14.9. The molecule has 0 atom stereocenters. The van der Waals surface area contributed by atoms with Crippen LogP contribution in [0.2, 0.25) is 0 Å². The van der Waals surface area contributed by atoms with Gasteiger partial charge in [0.05, 0.1) is 0 Å². The van der Waals surface area contributed by atoms with Crippen molar-refractivity contribution in [2.24, 2.45) is 9.98 Å². The molecule has 0 fully saturated rings. The van der Waals surface area contributed by atoms with Crippen molar-refractivity contribution < 1.29 is 17.9 Å². The van der Waals surface area contributed by atoms with Crippen LogP contribution in [0.3, 0.4) is 0 Å². The average Bonchev–Trinajstić information content (AvgIpc) is 3.56. The molecule has 0 saturated heterocycles. The fourth-order valence-corrected chi connectivity index (χ4v) is 5.70. The van der Waals surface area contributed by atoms with E-state index in [1.165, 1.54) is 0 Å². The van der Waals surface area contributed by atoms with Crippen molar-refractivity contribution in [2.75, 3.05) is 0 Å². The van der Waals surface area contributed by atoms with Crippen molar-refractivity contribution in [1.29, 1.82) is 0 Å². The van der Waals surface area contributed by atoms with E-state index in [2.05, 4.69) is 89.4 Å². The van der Waals surface area contributed by atoms with E-state index in [9.17, 15) is 0 Å². The van der Waals surface area contributed by atoms with Gasteiger partial charge < -0.3 is 5.73 Å². The number of halogens is 4. The number of benzene rings is 1. The number of aromatic nitrogens is 1. The molecule has 1 aromatic carbocycles. The second-order valence-corrected chi connectivity index (χ2v) is 11.3. The van der Waals surface area contributed by atoms with Gasteiger partial charge in [0.15, 0.2) is 0 Å². The number of aromatic amines is 1. The van der Waals surface area contributed by atoms with E-state index in [0.717, 1.165) is 75.5 Å². The van der Waals surface area contributed by atoms with Crippen molar-refractivity contribution in [1.82, 2.24) is 4.98 Å². The van der Waals surface area contributed by atoms with Crippen LogP contribution in [0, 0.1) is 6.08 Å². The van der Waals surface area contributed by atoms with Gasteiger partial charge in [-0.2, -0.15) is 6.08 Å². The predicted octanol–water partition coefficient (Wildman–Crippen LogP) is 8.46. The molecule has 0 radical (unpaired) electrons. The molecule has 3 heterocycles. The Morgan fingerprint density at radius 3 is 2.29 bits per heavy atom. The van der Waals surface area contributed by atoms with Gasteiger partial charge in [-0.25, -0.2) is 5.70 Å². The molecule has 2 aliphatic rings. The number of hydrogen-bond donors (Lipinski definition) is 1. The Hall–Kier alpha value is -1.51. The number of aliphatic imine (C=N–C) groups is 2. The Morgan fingerprint density at radius 2 is 1.56 bits per heavy atom. The first kappa shape index (κ1) is 25.6. The zero-order valence-corrected chi connectivity index (χ0v) is 26.9. The summed E-state index contributed by atoms with van der Waals surface area (Å²) >= 11 is 15.2. The third-order valence-corrected chi connectivity index (χ3v) is 10.2. The van der Waals surface area contributed by atoms with Crippen molar-refractivity contribution in [3.63, 3.8) is 0 Å². The monoisotopic (exact) mass is 750 g/mol. The standard InChI is InChI=1S/C25H14Br4N4.Zn/c1-14-2-5-18(31-14)12-19-8-9-21(33-19)13-20-7-6-17(32-20)11-16(30)4-3-15-10-22(26)24(28)25(29)23(15)27;/h1-2,4-13,30,32H;/q-2;. The maximum absolute atomic E-state index is 8.28. The SMILES string of the molecule is [NH-]C(C=[C-]c1cc(Br)c(Br)c(Br)c1Br)=Cc1ccc(C=C2C=CC(C=C3C=CC([CH]=[Zn])=N3)=N2)[nH]1. The Bertz CT molecular complexity index is 1420. The zero-order chi connectivity index (χ0) is 24.2. The normalized spacial score (nSPS) is 18.0. The summed E-state index contributed by atoms with van der Waals surface area (Å²) in [6.45, 7) is 0. The van der Waals surface area contributed by atoms with Crippen molar-refractivity contribution >= 4 is 91.9 Å². The summed E-state index contributed by atoms with van der Waals surface area (Å²) in [5.41, 5.74) is 14.9. The quantitative estimate of drug-likeness (QED) is 0.101. The Labute approximate surface area is 241 Å². The van der Waals surface area contributed by atoms with Gasteiger partial charge in [0.25, 0.3) is 0 Å². The Morgan fingerprint density at radius 1 is 0.882 bits per heavy atom. The third-order valence-electron chi connectivity index (χ3n) is 4.70. The van der Waals surface area contributed by atoms with E-state index in [-0.39, 0.29) is 0 Å². The maximum atomic E-state index is 8.28. The molecule has 2 aliphatic heterocycles. The fourth-order valence-electron chi connectivity index (χ4n) is 3.09. The summed E-state index contributed by atoms with van der Waals surface area (Å²) in [5.74, 6) is 0. The van der Waals surface area contributed by atoms with Crippen LogP contribution in [-0.4, -0.2) is 21.0 Å². The van der Waals surface area contributed by atoms with E-state index >= 15 is 0 Å². The molecule has 1 aromatic heterocycles. The number of nitrogens with zero attached hydrogens (tertiary/aromatic N) is 2. The molecule has 2 aromatic rings. The molecule has 0 saturated carbocycles. The van der Waals surface area contributed by atoms with E-state index in [0.29, 0.717) is 5.70 Å². The molecular formula is C25H14Br4N4Zn-2. The van der Waals surface area contributed by atoms with Gasteiger partial charge >= 0.3 is 120 Å². The third kappa shape index (κ3) is 6.38. The molecular weight excluding hydrogens is 741 g/mol. The van der Waals surface area contributed by atoms with Gasteiger partial charge in [-0.15, -0.1) is 33.6 Å². The summed E-state index contributed by atoms with van der Waals surface area (Å²) in [6, 6.07) is 5.84. The fraction of sp³-hybridized carbons (Fsp3) is 0.